The summed E-state index contributed by atoms with van der Waals surface area (Å²) < 4.78 is 15.7. The van der Waals surface area contributed by atoms with Gasteiger partial charge in [-0.2, -0.15) is 0 Å². The Morgan fingerprint density at radius 3 is 2.44 bits per heavy atom. The number of methoxy groups -OCH3 is 1. The molecule has 1 aromatic carbocycles. The van der Waals surface area contributed by atoms with Gasteiger partial charge in [0.25, 0.3) is 0 Å². The molecule has 4 heteroatoms. The summed E-state index contributed by atoms with van der Waals surface area (Å²) in [5.74, 6) is 0. The Balaban J connectivity index is 2.14. The molecule has 1 aromatic rings. The van der Waals surface area contributed by atoms with Crippen molar-refractivity contribution in [2.24, 2.45) is 5.73 Å². The average molecular weight is 253 g/mol. The predicted octanol–water partition coefficient (Wildman–Crippen LogP) is 1.67. The number of hydrogen-bond donors (Lipinski definition) is 1. The maximum Gasteiger partial charge on any atom is 0.0701 e. The van der Waals surface area contributed by atoms with Gasteiger partial charge in [-0.25, -0.2) is 0 Å². The van der Waals surface area contributed by atoms with E-state index in [-0.39, 0.29) is 6.04 Å². The zero-order chi connectivity index (χ0) is 13.2. The fourth-order valence-corrected chi connectivity index (χ4v) is 1.67. The Labute approximate surface area is 109 Å². The van der Waals surface area contributed by atoms with Gasteiger partial charge in [-0.1, -0.05) is 24.3 Å². The van der Waals surface area contributed by atoms with Crippen LogP contribution in [0.5, 0.6) is 0 Å². The second kappa shape index (κ2) is 9.05. The Kier molecular flexibility index (Phi) is 7.60. The zero-order valence-electron chi connectivity index (χ0n) is 11.2. The summed E-state index contributed by atoms with van der Waals surface area (Å²) in [5, 5.41) is 0. The van der Waals surface area contributed by atoms with Crippen molar-refractivity contribution >= 4 is 0 Å². The van der Waals surface area contributed by atoms with E-state index in [1.807, 2.05) is 18.2 Å². The summed E-state index contributed by atoms with van der Waals surface area (Å²) in [6, 6.07) is 8.03. The lowest BCUT2D eigenvalue weighted by atomic mass is 10.0. The van der Waals surface area contributed by atoms with Gasteiger partial charge in [-0.05, 0) is 18.1 Å². The van der Waals surface area contributed by atoms with Crippen molar-refractivity contribution in [1.29, 1.82) is 0 Å². The third-order valence-corrected chi connectivity index (χ3v) is 2.69. The first-order valence-corrected chi connectivity index (χ1v) is 6.21. The molecule has 0 spiro atoms. The minimum Gasteiger partial charge on any atom is -0.382 e. The molecule has 0 aliphatic heterocycles. The Bertz CT molecular complexity index is 331. The molecule has 0 bridgehead atoms. The molecule has 0 aromatic heterocycles. The molecule has 1 atom stereocenters. The summed E-state index contributed by atoms with van der Waals surface area (Å²) in [7, 11) is 1.65. The van der Waals surface area contributed by atoms with Crippen LogP contribution in [0.3, 0.4) is 0 Å². The molecular formula is C14H23NO3. The van der Waals surface area contributed by atoms with E-state index in [1.165, 1.54) is 5.56 Å². The second-order valence-corrected chi connectivity index (χ2v) is 4.14. The van der Waals surface area contributed by atoms with Crippen LogP contribution >= 0.6 is 0 Å². The fraction of sp³-hybridized carbons (Fsp3) is 0.571. The molecule has 102 valence electrons. The smallest absolute Gasteiger partial charge is 0.0701 e. The molecule has 0 heterocycles. The Morgan fingerprint density at radius 2 is 1.72 bits per heavy atom. The Hall–Kier alpha value is -0.940. The van der Waals surface area contributed by atoms with Crippen molar-refractivity contribution in [3.8, 4) is 0 Å². The molecule has 1 rings (SSSR count). The van der Waals surface area contributed by atoms with E-state index in [2.05, 4.69) is 13.0 Å². The monoisotopic (exact) mass is 253 g/mol. The third-order valence-electron chi connectivity index (χ3n) is 2.69. The van der Waals surface area contributed by atoms with Crippen molar-refractivity contribution in [1.82, 2.24) is 0 Å². The number of aryl methyl sites for hydroxylation is 1. The number of ether oxygens (including phenoxy) is 3. The summed E-state index contributed by atoms with van der Waals surface area (Å²) in [6.07, 6.45) is 0. The molecule has 0 amide bonds. The zero-order valence-corrected chi connectivity index (χ0v) is 11.2. The summed E-state index contributed by atoms with van der Waals surface area (Å²) in [5.41, 5.74) is 8.41. The topological polar surface area (TPSA) is 53.7 Å². The van der Waals surface area contributed by atoms with Crippen LogP contribution in [-0.4, -0.2) is 40.1 Å². The SMILES string of the molecule is COCCOCCOCC(N)c1ccccc1C. The molecule has 1 unspecified atom stereocenters. The first-order valence-electron chi connectivity index (χ1n) is 6.21. The van der Waals surface area contributed by atoms with Crippen molar-refractivity contribution in [3.05, 3.63) is 35.4 Å². The summed E-state index contributed by atoms with van der Waals surface area (Å²) in [4.78, 5) is 0. The highest BCUT2D eigenvalue weighted by Gasteiger charge is 2.07. The highest BCUT2D eigenvalue weighted by atomic mass is 16.5. The van der Waals surface area contributed by atoms with Gasteiger partial charge in [0.05, 0.1) is 39.1 Å². The molecule has 0 saturated heterocycles. The summed E-state index contributed by atoms with van der Waals surface area (Å²) >= 11 is 0. The number of rotatable bonds is 9. The van der Waals surface area contributed by atoms with Gasteiger partial charge in [0.15, 0.2) is 0 Å². The van der Waals surface area contributed by atoms with Crippen LogP contribution < -0.4 is 5.73 Å². The molecule has 18 heavy (non-hydrogen) atoms. The van der Waals surface area contributed by atoms with E-state index < -0.39 is 0 Å². The van der Waals surface area contributed by atoms with Crippen LogP contribution in [0, 0.1) is 6.92 Å². The quantitative estimate of drug-likeness (QED) is 0.680. The molecule has 0 aliphatic rings. The first-order chi connectivity index (χ1) is 8.75. The highest BCUT2D eigenvalue weighted by molar-refractivity contribution is 5.28. The molecular weight excluding hydrogens is 230 g/mol. The van der Waals surface area contributed by atoms with E-state index >= 15 is 0 Å². The van der Waals surface area contributed by atoms with Crippen LogP contribution in [0.15, 0.2) is 24.3 Å². The molecule has 2 N–H and O–H groups in total. The van der Waals surface area contributed by atoms with Gasteiger partial charge in [-0.3, -0.25) is 0 Å². The van der Waals surface area contributed by atoms with Gasteiger partial charge in [0.2, 0.25) is 0 Å². The summed E-state index contributed by atoms with van der Waals surface area (Å²) in [6.45, 7) is 4.92. The van der Waals surface area contributed by atoms with E-state index in [0.717, 1.165) is 5.56 Å². The van der Waals surface area contributed by atoms with Crippen LogP contribution in [-0.2, 0) is 14.2 Å². The number of nitrogens with two attached hydrogens (primary N) is 1. The van der Waals surface area contributed by atoms with Gasteiger partial charge >= 0.3 is 0 Å². The number of hydrogen-bond acceptors (Lipinski definition) is 4. The van der Waals surface area contributed by atoms with Gasteiger partial charge in [-0.15, -0.1) is 0 Å². The van der Waals surface area contributed by atoms with Crippen LogP contribution in [0.2, 0.25) is 0 Å². The molecule has 0 radical (unpaired) electrons. The van der Waals surface area contributed by atoms with Crippen molar-refractivity contribution in [3.63, 3.8) is 0 Å². The predicted molar refractivity (Wildman–Crippen MR) is 71.6 cm³/mol. The van der Waals surface area contributed by atoms with Gasteiger partial charge in [0, 0.05) is 7.11 Å². The minimum atomic E-state index is -0.0785. The maximum atomic E-state index is 6.07. The first kappa shape index (κ1) is 15.1. The van der Waals surface area contributed by atoms with Crippen LogP contribution in [0.4, 0.5) is 0 Å². The van der Waals surface area contributed by atoms with E-state index in [4.69, 9.17) is 19.9 Å². The maximum absolute atomic E-state index is 6.07. The minimum absolute atomic E-state index is 0.0785. The average Bonchev–Trinajstić information content (AvgIpc) is 2.38. The van der Waals surface area contributed by atoms with Gasteiger partial charge < -0.3 is 19.9 Å². The van der Waals surface area contributed by atoms with Crippen LogP contribution in [0.1, 0.15) is 17.2 Å². The van der Waals surface area contributed by atoms with Crippen molar-refractivity contribution in [2.45, 2.75) is 13.0 Å². The molecule has 4 nitrogen and oxygen atoms in total. The van der Waals surface area contributed by atoms with E-state index in [0.29, 0.717) is 33.0 Å². The van der Waals surface area contributed by atoms with E-state index in [1.54, 1.807) is 7.11 Å². The van der Waals surface area contributed by atoms with Crippen molar-refractivity contribution < 1.29 is 14.2 Å². The lowest BCUT2D eigenvalue weighted by Gasteiger charge is -2.15. The third kappa shape index (κ3) is 5.60. The second-order valence-electron chi connectivity index (χ2n) is 4.14. The largest absolute Gasteiger partial charge is 0.382 e. The van der Waals surface area contributed by atoms with E-state index in [9.17, 15) is 0 Å². The standard InChI is InChI=1S/C14H23NO3/c1-12-5-3-4-6-13(12)14(15)11-18-10-9-17-8-7-16-2/h3-6,14H,7-11,15H2,1-2H3. The molecule has 0 aliphatic carbocycles. The normalized spacial score (nSPS) is 12.6. The van der Waals surface area contributed by atoms with Gasteiger partial charge in [0.1, 0.15) is 0 Å². The fourth-order valence-electron chi connectivity index (χ4n) is 1.67. The highest BCUT2D eigenvalue weighted by Crippen LogP contribution is 2.15. The van der Waals surface area contributed by atoms with Crippen molar-refractivity contribution in [2.75, 3.05) is 40.1 Å². The van der Waals surface area contributed by atoms with Crippen LogP contribution in [0.25, 0.3) is 0 Å². The lowest BCUT2D eigenvalue weighted by molar-refractivity contribution is 0.0215. The Morgan fingerprint density at radius 1 is 1.06 bits per heavy atom. The molecule has 0 fully saturated rings. The lowest BCUT2D eigenvalue weighted by Crippen LogP contribution is -2.19. The molecule has 0 saturated carbocycles. The number of benzene rings is 1.